The second kappa shape index (κ2) is 7.72. The van der Waals surface area contributed by atoms with Crippen molar-refractivity contribution < 1.29 is 0 Å². The smallest absolute Gasteiger partial charge is 0.0686 e. The van der Waals surface area contributed by atoms with Crippen molar-refractivity contribution in [1.82, 2.24) is 15.2 Å². The highest BCUT2D eigenvalue weighted by Crippen LogP contribution is 2.22. The van der Waals surface area contributed by atoms with E-state index in [9.17, 15) is 0 Å². The Labute approximate surface area is 132 Å². The molecular formula is C14H21Br2N3. The fourth-order valence-electron chi connectivity index (χ4n) is 2.57. The maximum absolute atomic E-state index is 4.54. The molecule has 1 N–H and O–H groups in total. The van der Waals surface area contributed by atoms with Gasteiger partial charge in [0, 0.05) is 34.3 Å². The highest BCUT2D eigenvalue weighted by atomic mass is 79.9. The maximum atomic E-state index is 4.54. The fraction of sp³-hybridized carbons (Fsp3) is 0.643. The van der Waals surface area contributed by atoms with Crippen LogP contribution in [-0.4, -0.2) is 35.6 Å². The Bertz CT molecular complexity index is 406. The van der Waals surface area contributed by atoms with Crippen molar-refractivity contribution >= 4 is 31.9 Å². The van der Waals surface area contributed by atoms with Crippen LogP contribution in [0.4, 0.5) is 0 Å². The van der Waals surface area contributed by atoms with Gasteiger partial charge >= 0.3 is 0 Å². The summed E-state index contributed by atoms with van der Waals surface area (Å²) in [5, 5.41) is 3.50. The second-order valence-corrected chi connectivity index (χ2v) is 6.82. The standard InChI is InChI=1S/C14H21Br2N3/c1-2-6-19(12-4-3-5-17-9-12)10-14-13(16)7-11(15)8-18-14/h7-8,12,17H,2-6,9-10H2,1H3. The van der Waals surface area contributed by atoms with E-state index >= 15 is 0 Å². The third-order valence-corrected chi connectivity index (χ3v) is 4.66. The van der Waals surface area contributed by atoms with Crippen molar-refractivity contribution in [3.8, 4) is 0 Å². The molecule has 1 aliphatic rings. The Kier molecular flexibility index (Phi) is 6.26. The molecule has 0 bridgehead atoms. The van der Waals surface area contributed by atoms with Gasteiger partial charge in [-0.15, -0.1) is 0 Å². The van der Waals surface area contributed by atoms with E-state index in [0.29, 0.717) is 6.04 Å². The number of hydrogen-bond donors (Lipinski definition) is 1. The fourth-order valence-corrected chi connectivity index (χ4v) is 3.69. The first kappa shape index (κ1) is 15.4. The molecule has 0 radical (unpaired) electrons. The molecule has 106 valence electrons. The average Bonchev–Trinajstić information content (AvgIpc) is 2.42. The van der Waals surface area contributed by atoms with Crippen molar-refractivity contribution in [2.75, 3.05) is 19.6 Å². The van der Waals surface area contributed by atoms with Crippen LogP contribution in [-0.2, 0) is 6.54 Å². The van der Waals surface area contributed by atoms with Crippen LogP contribution in [0.15, 0.2) is 21.2 Å². The number of nitrogens with zero attached hydrogens (tertiary/aromatic N) is 2. The summed E-state index contributed by atoms with van der Waals surface area (Å²) in [6.07, 6.45) is 5.63. The van der Waals surface area contributed by atoms with Crippen LogP contribution in [0.25, 0.3) is 0 Å². The molecule has 1 saturated heterocycles. The van der Waals surface area contributed by atoms with Gasteiger partial charge in [0.05, 0.1) is 5.69 Å². The predicted octanol–water partition coefficient (Wildman–Crippen LogP) is 3.57. The lowest BCUT2D eigenvalue weighted by Crippen LogP contribution is -2.46. The Hall–Kier alpha value is 0.0300. The summed E-state index contributed by atoms with van der Waals surface area (Å²) in [5.74, 6) is 0. The third kappa shape index (κ3) is 4.52. The Morgan fingerprint density at radius 3 is 2.95 bits per heavy atom. The van der Waals surface area contributed by atoms with Crippen LogP contribution in [0.5, 0.6) is 0 Å². The topological polar surface area (TPSA) is 28.2 Å². The van der Waals surface area contributed by atoms with Crippen LogP contribution in [0.2, 0.25) is 0 Å². The SMILES string of the molecule is CCCN(Cc1ncc(Br)cc1Br)C1CCCNC1. The van der Waals surface area contributed by atoms with E-state index in [4.69, 9.17) is 0 Å². The maximum Gasteiger partial charge on any atom is 0.0686 e. The van der Waals surface area contributed by atoms with E-state index in [1.54, 1.807) is 0 Å². The van der Waals surface area contributed by atoms with E-state index in [-0.39, 0.29) is 0 Å². The first-order chi connectivity index (χ1) is 9.20. The van der Waals surface area contributed by atoms with Gasteiger partial charge in [0.1, 0.15) is 0 Å². The molecule has 0 aliphatic carbocycles. The van der Waals surface area contributed by atoms with Crippen LogP contribution < -0.4 is 5.32 Å². The van der Waals surface area contributed by atoms with Crippen LogP contribution >= 0.6 is 31.9 Å². The van der Waals surface area contributed by atoms with Crippen molar-refractivity contribution in [3.05, 3.63) is 26.9 Å². The first-order valence-corrected chi connectivity index (χ1v) is 8.54. The van der Waals surface area contributed by atoms with E-state index in [2.05, 4.69) is 60.1 Å². The van der Waals surface area contributed by atoms with Gasteiger partial charge in [-0.2, -0.15) is 0 Å². The van der Waals surface area contributed by atoms with Gasteiger partial charge in [0.2, 0.25) is 0 Å². The van der Waals surface area contributed by atoms with E-state index < -0.39 is 0 Å². The molecule has 2 heterocycles. The Morgan fingerprint density at radius 2 is 2.32 bits per heavy atom. The van der Waals surface area contributed by atoms with Crippen LogP contribution in [0.3, 0.4) is 0 Å². The summed E-state index contributed by atoms with van der Waals surface area (Å²) in [7, 11) is 0. The zero-order chi connectivity index (χ0) is 13.7. The first-order valence-electron chi connectivity index (χ1n) is 6.95. The molecule has 2 rings (SSSR count). The molecular weight excluding hydrogens is 370 g/mol. The van der Waals surface area contributed by atoms with Gasteiger partial charge in [-0.05, 0) is 70.3 Å². The van der Waals surface area contributed by atoms with E-state index in [0.717, 1.165) is 40.8 Å². The summed E-state index contributed by atoms with van der Waals surface area (Å²) in [5.41, 5.74) is 1.13. The van der Waals surface area contributed by atoms with E-state index in [1.807, 2.05) is 6.20 Å². The molecule has 0 amide bonds. The van der Waals surface area contributed by atoms with Crippen molar-refractivity contribution in [1.29, 1.82) is 0 Å². The van der Waals surface area contributed by atoms with Crippen molar-refractivity contribution in [3.63, 3.8) is 0 Å². The molecule has 1 fully saturated rings. The van der Waals surface area contributed by atoms with Gasteiger partial charge in [0.25, 0.3) is 0 Å². The van der Waals surface area contributed by atoms with Gasteiger partial charge in [-0.3, -0.25) is 9.88 Å². The van der Waals surface area contributed by atoms with Crippen LogP contribution in [0.1, 0.15) is 31.9 Å². The van der Waals surface area contributed by atoms with Gasteiger partial charge in [-0.1, -0.05) is 6.92 Å². The summed E-state index contributed by atoms with van der Waals surface area (Å²) in [4.78, 5) is 7.10. The highest BCUT2D eigenvalue weighted by Gasteiger charge is 2.21. The largest absolute Gasteiger partial charge is 0.315 e. The Balaban J connectivity index is 2.06. The number of aromatic nitrogens is 1. The number of hydrogen-bond acceptors (Lipinski definition) is 3. The molecule has 19 heavy (non-hydrogen) atoms. The van der Waals surface area contributed by atoms with Crippen LogP contribution in [0, 0.1) is 0 Å². The molecule has 0 spiro atoms. The molecule has 1 atom stereocenters. The minimum atomic E-state index is 0.644. The lowest BCUT2D eigenvalue weighted by Gasteiger charge is -2.34. The van der Waals surface area contributed by atoms with Crippen molar-refractivity contribution in [2.45, 2.75) is 38.8 Å². The summed E-state index contributed by atoms with van der Waals surface area (Å²) in [6, 6.07) is 2.72. The summed E-state index contributed by atoms with van der Waals surface area (Å²) >= 11 is 7.07. The molecule has 0 saturated carbocycles. The van der Waals surface area contributed by atoms with Gasteiger partial charge < -0.3 is 5.32 Å². The lowest BCUT2D eigenvalue weighted by molar-refractivity contribution is 0.156. The molecule has 1 aromatic rings. The summed E-state index contributed by atoms with van der Waals surface area (Å²) in [6.45, 7) is 6.57. The molecule has 5 heteroatoms. The number of nitrogens with one attached hydrogen (secondary N) is 1. The zero-order valence-corrected chi connectivity index (χ0v) is 14.5. The quantitative estimate of drug-likeness (QED) is 0.832. The second-order valence-electron chi connectivity index (χ2n) is 5.05. The average molecular weight is 391 g/mol. The van der Waals surface area contributed by atoms with Gasteiger partial charge in [0.15, 0.2) is 0 Å². The minimum absolute atomic E-state index is 0.644. The van der Waals surface area contributed by atoms with Crippen molar-refractivity contribution in [2.24, 2.45) is 0 Å². The molecule has 1 unspecified atom stereocenters. The molecule has 0 aromatic carbocycles. The van der Waals surface area contributed by atoms with E-state index in [1.165, 1.54) is 19.3 Å². The Morgan fingerprint density at radius 1 is 1.47 bits per heavy atom. The number of pyridine rings is 1. The normalized spacial score (nSPS) is 19.9. The zero-order valence-electron chi connectivity index (χ0n) is 11.3. The monoisotopic (exact) mass is 389 g/mol. The lowest BCUT2D eigenvalue weighted by atomic mass is 10.1. The highest BCUT2D eigenvalue weighted by molar-refractivity contribution is 9.11. The summed E-state index contributed by atoms with van der Waals surface area (Å²) < 4.78 is 2.11. The molecule has 3 nitrogen and oxygen atoms in total. The number of piperidine rings is 1. The molecule has 1 aliphatic heterocycles. The molecule has 1 aromatic heterocycles. The predicted molar refractivity (Wildman–Crippen MR) is 86.2 cm³/mol. The number of rotatable bonds is 5. The minimum Gasteiger partial charge on any atom is -0.315 e. The van der Waals surface area contributed by atoms with Gasteiger partial charge in [-0.25, -0.2) is 0 Å². The number of halogens is 2. The third-order valence-electron chi connectivity index (χ3n) is 3.53.